The molecule has 0 amide bonds. The molecule has 8 nitrogen and oxygen atoms in total. The molecule has 1 fully saturated rings. The van der Waals surface area contributed by atoms with E-state index in [4.69, 9.17) is 19.4 Å². The molecule has 0 bridgehead atoms. The van der Waals surface area contributed by atoms with E-state index >= 15 is 0 Å². The van der Waals surface area contributed by atoms with E-state index in [0.29, 0.717) is 30.7 Å². The van der Waals surface area contributed by atoms with Crippen molar-refractivity contribution in [3.63, 3.8) is 0 Å². The number of carbonyl (C=O) groups is 1. The number of rotatable bonds is 5. The van der Waals surface area contributed by atoms with Crippen LogP contribution in [-0.4, -0.2) is 47.2 Å². The lowest BCUT2D eigenvalue weighted by molar-refractivity contribution is -0.142. The van der Waals surface area contributed by atoms with Crippen LogP contribution in [-0.2, 0) is 9.53 Å². The highest BCUT2D eigenvalue weighted by Crippen LogP contribution is 2.28. The third kappa shape index (κ3) is 5.39. The molecule has 8 heteroatoms. The summed E-state index contributed by atoms with van der Waals surface area (Å²) in [5, 5.41) is 3.30. The van der Waals surface area contributed by atoms with E-state index in [0.717, 1.165) is 30.0 Å². The number of aromatic nitrogens is 3. The summed E-state index contributed by atoms with van der Waals surface area (Å²) in [7, 11) is 0. The van der Waals surface area contributed by atoms with Crippen molar-refractivity contribution < 1.29 is 14.3 Å². The van der Waals surface area contributed by atoms with Crippen LogP contribution >= 0.6 is 0 Å². The van der Waals surface area contributed by atoms with E-state index in [1.165, 1.54) is 0 Å². The number of morpholine rings is 1. The van der Waals surface area contributed by atoms with Crippen LogP contribution in [0.15, 0.2) is 54.9 Å². The Labute approximate surface area is 187 Å². The van der Waals surface area contributed by atoms with Gasteiger partial charge in [-0.2, -0.15) is 4.98 Å². The Morgan fingerprint density at radius 1 is 1.09 bits per heavy atom. The van der Waals surface area contributed by atoms with Crippen molar-refractivity contribution >= 4 is 23.4 Å². The maximum atomic E-state index is 12.3. The summed E-state index contributed by atoms with van der Waals surface area (Å²) in [6, 6.07) is 13.0. The number of hydrogen-bond donors (Lipinski definition) is 1. The van der Waals surface area contributed by atoms with Crippen LogP contribution in [0.2, 0.25) is 0 Å². The minimum atomic E-state index is -0.588. The number of anilines is 3. The van der Waals surface area contributed by atoms with Gasteiger partial charge in [-0.05, 0) is 45.0 Å². The zero-order valence-corrected chi connectivity index (χ0v) is 18.5. The summed E-state index contributed by atoms with van der Waals surface area (Å²) in [6.07, 6.45) is 3.46. The van der Waals surface area contributed by atoms with Gasteiger partial charge in [0, 0.05) is 30.9 Å². The third-order valence-electron chi connectivity index (χ3n) is 4.89. The second-order valence-electron chi connectivity index (χ2n) is 8.57. The molecule has 1 N–H and O–H groups in total. The summed E-state index contributed by atoms with van der Waals surface area (Å²) in [5.74, 6) is 1.47. The molecule has 1 aliphatic heterocycles. The molecule has 0 atom stereocenters. The Bertz CT molecular complexity index is 1080. The minimum Gasteiger partial charge on any atom is -0.426 e. The van der Waals surface area contributed by atoms with Gasteiger partial charge in [-0.3, -0.25) is 9.78 Å². The van der Waals surface area contributed by atoms with Gasteiger partial charge in [0.1, 0.15) is 11.6 Å². The van der Waals surface area contributed by atoms with Gasteiger partial charge >= 0.3 is 5.97 Å². The molecule has 3 heterocycles. The van der Waals surface area contributed by atoms with Gasteiger partial charge in [-0.1, -0.05) is 12.1 Å². The fraction of sp³-hybridized carbons (Fsp3) is 0.333. The van der Waals surface area contributed by atoms with Crippen molar-refractivity contribution in [3.8, 4) is 17.0 Å². The van der Waals surface area contributed by atoms with Crippen molar-refractivity contribution in [2.75, 3.05) is 36.5 Å². The Hall–Kier alpha value is -3.52. The lowest BCUT2D eigenvalue weighted by Crippen LogP contribution is -2.37. The number of ether oxygens (including phenoxy) is 2. The molecule has 0 saturated carbocycles. The average Bonchev–Trinajstić information content (AvgIpc) is 2.80. The highest BCUT2D eigenvalue weighted by molar-refractivity contribution is 5.78. The van der Waals surface area contributed by atoms with Crippen LogP contribution in [0.1, 0.15) is 20.8 Å². The zero-order valence-electron chi connectivity index (χ0n) is 18.5. The number of esters is 1. The summed E-state index contributed by atoms with van der Waals surface area (Å²) in [6.45, 7) is 8.20. The van der Waals surface area contributed by atoms with Crippen molar-refractivity contribution in [2.45, 2.75) is 20.8 Å². The molecule has 0 unspecified atom stereocenters. The highest BCUT2D eigenvalue weighted by Gasteiger charge is 2.24. The molecule has 1 saturated heterocycles. The number of carbonyl (C=O) groups excluding carboxylic acids is 1. The van der Waals surface area contributed by atoms with Crippen LogP contribution in [0, 0.1) is 5.41 Å². The van der Waals surface area contributed by atoms with E-state index in [-0.39, 0.29) is 5.97 Å². The number of benzene rings is 1. The molecule has 4 rings (SSSR count). The highest BCUT2D eigenvalue weighted by atomic mass is 16.5. The second kappa shape index (κ2) is 9.32. The van der Waals surface area contributed by atoms with Gasteiger partial charge in [0.25, 0.3) is 0 Å². The van der Waals surface area contributed by atoms with E-state index in [2.05, 4.69) is 15.2 Å². The maximum Gasteiger partial charge on any atom is 0.316 e. The van der Waals surface area contributed by atoms with Crippen molar-refractivity contribution in [1.82, 2.24) is 15.0 Å². The Morgan fingerprint density at radius 2 is 1.91 bits per heavy atom. The molecule has 2 aromatic heterocycles. The summed E-state index contributed by atoms with van der Waals surface area (Å²) >= 11 is 0. The maximum absolute atomic E-state index is 12.3. The molecule has 0 radical (unpaired) electrons. The van der Waals surface area contributed by atoms with Gasteiger partial charge in [0.05, 0.1) is 36.2 Å². The number of nitrogens with zero attached hydrogens (tertiary/aromatic N) is 4. The predicted octanol–water partition coefficient (Wildman–Crippen LogP) is 4.07. The Morgan fingerprint density at radius 3 is 2.62 bits per heavy atom. The topological polar surface area (TPSA) is 89.5 Å². The standard InChI is InChI=1S/C24H27N5O3/c1-24(2,3)22(30)32-19-8-4-6-17(14-19)20-15-21(26-18-7-5-9-25-16-18)28-23(27-20)29-10-12-31-13-11-29/h4-9,14-16H,10-13H2,1-3H3,(H,26,27,28). The fourth-order valence-electron chi connectivity index (χ4n) is 3.11. The molecule has 32 heavy (non-hydrogen) atoms. The quantitative estimate of drug-likeness (QED) is 0.476. The number of hydrogen-bond acceptors (Lipinski definition) is 8. The van der Waals surface area contributed by atoms with E-state index in [1.807, 2.05) is 57.2 Å². The molecule has 0 aliphatic carbocycles. The van der Waals surface area contributed by atoms with Crippen molar-refractivity contribution in [3.05, 3.63) is 54.9 Å². The summed E-state index contributed by atoms with van der Waals surface area (Å²) < 4.78 is 11.1. The zero-order chi connectivity index (χ0) is 22.6. The lowest BCUT2D eigenvalue weighted by atomic mass is 9.97. The van der Waals surface area contributed by atoms with Gasteiger partial charge in [0.2, 0.25) is 5.95 Å². The Balaban J connectivity index is 1.68. The largest absolute Gasteiger partial charge is 0.426 e. The number of pyridine rings is 1. The first kappa shape index (κ1) is 21.7. The van der Waals surface area contributed by atoms with E-state index in [9.17, 15) is 4.79 Å². The van der Waals surface area contributed by atoms with Crippen LogP contribution in [0.3, 0.4) is 0 Å². The first-order chi connectivity index (χ1) is 15.4. The van der Waals surface area contributed by atoms with E-state index in [1.54, 1.807) is 18.5 Å². The first-order valence-corrected chi connectivity index (χ1v) is 10.6. The van der Waals surface area contributed by atoms with Crippen LogP contribution in [0.25, 0.3) is 11.3 Å². The molecular formula is C24H27N5O3. The van der Waals surface area contributed by atoms with Gasteiger partial charge < -0.3 is 19.7 Å². The molecule has 1 aliphatic rings. The van der Waals surface area contributed by atoms with Crippen molar-refractivity contribution in [2.24, 2.45) is 5.41 Å². The first-order valence-electron chi connectivity index (χ1n) is 10.6. The molecule has 0 spiro atoms. The fourth-order valence-corrected chi connectivity index (χ4v) is 3.11. The summed E-state index contributed by atoms with van der Waals surface area (Å²) in [5.41, 5.74) is 1.80. The molecule has 1 aromatic carbocycles. The van der Waals surface area contributed by atoms with Crippen LogP contribution in [0.4, 0.5) is 17.5 Å². The monoisotopic (exact) mass is 433 g/mol. The molecule has 166 valence electrons. The molecular weight excluding hydrogens is 406 g/mol. The van der Waals surface area contributed by atoms with Gasteiger partial charge in [-0.25, -0.2) is 4.98 Å². The summed E-state index contributed by atoms with van der Waals surface area (Å²) in [4.78, 5) is 28.1. The normalized spacial score (nSPS) is 14.2. The van der Waals surface area contributed by atoms with E-state index < -0.39 is 5.41 Å². The van der Waals surface area contributed by atoms with Crippen molar-refractivity contribution in [1.29, 1.82) is 0 Å². The number of nitrogens with one attached hydrogen (secondary N) is 1. The SMILES string of the molecule is CC(C)(C)C(=O)Oc1cccc(-c2cc(Nc3cccnc3)nc(N3CCOCC3)n2)c1. The minimum absolute atomic E-state index is 0.287. The third-order valence-corrected chi connectivity index (χ3v) is 4.89. The van der Waals surface area contributed by atoms with Gasteiger partial charge in [0.15, 0.2) is 0 Å². The predicted molar refractivity (Wildman–Crippen MR) is 123 cm³/mol. The van der Waals surface area contributed by atoms with Crippen LogP contribution in [0.5, 0.6) is 5.75 Å². The lowest BCUT2D eigenvalue weighted by Gasteiger charge is -2.27. The van der Waals surface area contributed by atoms with Crippen LogP contribution < -0.4 is 15.0 Å². The Kier molecular flexibility index (Phi) is 6.32. The smallest absolute Gasteiger partial charge is 0.316 e. The van der Waals surface area contributed by atoms with Gasteiger partial charge in [-0.15, -0.1) is 0 Å². The molecule has 3 aromatic rings. The average molecular weight is 434 g/mol. The second-order valence-corrected chi connectivity index (χ2v) is 8.57.